The number of rotatable bonds is 3. The normalized spacial score (nSPS) is 12.3. The van der Waals surface area contributed by atoms with E-state index in [0.29, 0.717) is 26.6 Å². The van der Waals surface area contributed by atoms with Crippen LogP contribution < -0.4 is 10.1 Å². The largest absolute Gasteiger partial charge is 0.457 e. The number of aryl methyl sites for hydroxylation is 2. The Kier molecular flexibility index (Phi) is 4.42. The van der Waals surface area contributed by atoms with Crippen LogP contribution in [0.2, 0.25) is 5.02 Å². The van der Waals surface area contributed by atoms with Gasteiger partial charge in [-0.1, -0.05) is 29.0 Å². The van der Waals surface area contributed by atoms with Crippen molar-refractivity contribution in [2.45, 2.75) is 13.8 Å². The van der Waals surface area contributed by atoms with E-state index in [1.165, 1.54) is 23.5 Å². The second-order valence-electron chi connectivity index (χ2n) is 7.22. The van der Waals surface area contributed by atoms with Crippen LogP contribution in [0.3, 0.4) is 0 Å². The predicted molar refractivity (Wildman–Crippen MR) is 121 cm³/mol. The molecule has 31 heavy (non-hydrogen) atoms. The predicted octanol–water partition coefficient (Wildman–Crippen LogP) is 4.90. The Hall–Kier alpha value is -3.49. The molecule has 0 unspecified atom stereocenters. The van der Waals surface area contributed by atoms with Crippen molar-refractivity contribution in [1.29, 1.82) is 0 Å². The molecule has 9 heteroatoms. The van der Waals surface area contributed by atoms with Gasteiger partial charge >= 0.3 is 0 Å². The highest BCUT2D eigenvalue weighted by atomic mass is 35.5. The average molecular weight is 452 g/mol. The van der Waals surface area contributed by atoms with Gasteiger partial charge in [0.2, 0.25) is 0 Å². The zero-order valence-electron chi connectivity index (χ0n) is 16.4. The lowest BCUT2D eigenvalue weighted by Gasteiger charge is -1.99. The van der Waals surface area contributed by atoms with Crippen molar-refractivity contribution >= 4 is 50.7 Å². The van der Waals surface area contributed by atoms with Crippen molar-refractivity contribution in [3.05, 3.63) is 89.4 Å². The van der Waals surface area contributed by atoms with Crippen LogP contribution in [-0.2, 0) is 0 Å². The molecule has 0 spiro atoms. The summed E-state index contributed by atoms with van der Waals surface area (Å²) in [4.78, 5) is 28.9. The molecular formula is C22H14ClN3O4S. The molecule has 0 fully saturated rings. The van der Waals surface area contributed by atoms with Crippen LogP contribution in [-0.4, -0.2) is 14.3 Å². The van der Waals surface area contributed by atoms with Gasteiger partial charge in [-0.05, 0) is 55.3 Å². The summed E-state index contributed by atoms with van der Waals surface area (Å²) in [6, 6.07) is 11.9. The Labute approximate surface area is 184 Å². The highest BCUT2D eigenvalue weighted by Gasteiger charge is 2.16. The van der Waals surface area contributed by atoms with Crippen molar-refractivity contribution in [1.82, 2.24) is 9.38 Å². The number of hydrogen-bond donors (Lipinski definition) is 0. The van der Waals surface area contributed by atoms with E-state index >= 15 is 0 Å². The number of fused-ring (bicyclic) bond motifs is 3. The molecule has 0 bridgehead atoms. The number of thiazole rings is 1. The molecule has 0 radical (unpaired) electrons. The zero-order valence-corrected chi connectivity index (χ0v) is 18.0. The first-order valence-corrected chi connectivity index (χ1v) is 10.5. The lowest BCUT2D eigenvalue weighted by Crippen LogP contribution is -2.22. The molecular weight excluding hydrogens is 438 g/mol. The fourth-order valence-electron chi connectivity index (χ4n) is 3.63. The van der Waals surface area contributed by atoms with E-state index in [2.05, 4.69) is 4.98 Å². The fourth-order valence-corrected chi connectivity index (χ4v) is 4.78. The summed E-state index contributed by atoms with van der Waals surface area (Å²) in [5.41, 5.74) is 3.88. The second-order valence-corrected chi connectivity index (χ2v) is 8.64. The summed E-state index contributed by atoms with van der Waals surface area (Å²) in [5.74, 6) is 0.905. The number of nitro groups is 1. The number of halogens is 1. The lowest BCUT2D eigenvalue weighted by atomic mass is 10.1. The number of nitrogens with zero attached hydrogens (tertiary/aromatic N) is 3. The molecule has 0 aliphatic rings. The first-order chi connectivity index (χ1) is 14.8. The van der Waals surface area contributed by atoms with Crippen LogP contribution in [0, 0.1) is 24.0 Å². The molecule has 3 heterocycles. The Balaban J connectivity index is 1.60. The smallest absolute Gasteiger partial charge is 0.288 e. The van der Waals surface area contributed by atoms with E-state index in [1.807, 2.05) is 26.0 Å². The van der Waals surface area contributed by atoms with Crippen molar-refractivity contribution in [3.8, 4) is 11.3 Å². The topological polar surface area (TPSA) is 90.7 Å². The van der Waals surface area contributed by atoms with Crippen LogP contribution in [0.15, 0.2) is 51.7 Å². The van der Waals surface area contributed by atoms with Gasteiger partial charge in [-0.3, -0.25) is 14.9 Å². The molecule has 0 saturated heterocycles. The molecule has 0 saturated carbocycles. The maximum atomic E-state index is 13.0. The van der Waals surface area contributed by atoms with E-state index in [1.54, 1.807) is 28.7 Å². The molecule has 0 atom stereocenters. The number of aromatic nitrogens is 2. The summed E-state index contributed by atoms with van der Waals surface area (Å²) >= 11 is 7.17. The summed E-state index contributed by atoms with van der Waals surface area (Å²) in [5, 5.41) is 11.2. The van der Waals surface area contributed by atoms with E-state index in [0.717, 1.165) is 22.2 Å². The zero-order chi connectivity index (χ0) is 21.9. The van der Waals surface area contributed by atoms with Gasteiger partial charge in [0, 0.05) is 17.7 Å². The maximum Gasteiger partial charge on any atom is 0.288 e. The van der Waals surface area contributed by atoms with Gasteiger partial charge in [-0.2, -0.15) is 0 Å². The van der Waals surface area contributed by atoms with Crippen molar-refractivity contribution in [2.24, 2.45) is 0 Å². The number of imidazole rings is 1. The molecule has 0 amide bonds. The molecule has 3 aromatic heterocycles. The monoisotopic (exact) mass is 451 g/mol. The second kappa shape index (κ2) is 7.04. The third kappa shape index (κ3) is 3.20. The first-order valence-electron chi connectivity index (χ1n) is 9.30. The highest BCUT2D eigenvalue weighted by molar-refractivity contribution is 7.15. The van der Waals surface area contributed by atoms with Gasteiger partial charge in [-0.25, -0.2) is 9.38 Å². The maximum absolute atomic E-state index is 13.0. The standard InChI is InChI=1S/C22H14ClN3O4S/c1-11-7-12(2)20-17(8-11)25-21(27)19(31-22(25)24-20)10-14-4-6-18(30-14)13-3-5-15(23)16(9-13)26(28)29/h3-10H,1-2H3. The Morgan fingerprint density at radius 1 is 1.19 bits per heavy atom. The third-order valence-corrected chi connectivity index (χ3v) is 6.30. The summed E-state index contributed by atoms with van der Waals surface area (Å²) in [6.45, 7) is 3.97. The van der Waals surface area contributed by atoms with Gasteiger partial charge in [0.15, 0.2) is 4.96 Å². The minimum absolute atomic E-state index is 0.0581. The summed E-state index contributed by atoms with van der Waals surface area (Å²) < 4.78 is 7.93. The number of hydrogen-bond acceptors (Lipinski definition) is 6. The minimum Gasteiger partial charge on any atom is -0.457 e. The number of nitro benzene ring substituents is 1. The van der Waals surface area contributed by atoms with Crippen molar-refractivity contribution in [2.75, 3.05) is 0 Å². The van der Waals surface area contributed by atoms with Crippen LogP contribution in [0.5, 0.6) is 0 Å². The molecule has 0 N–H and O–H groups in total. The van der Waals surface area contributed by atoms with Crippen molar-refractivity contribution < 1.29 is 9.34 Å². The SMILES string of the molecule is Cc1cc(C)c2nc3sc(=Cc4ccc(-c5ccc(Cl)c([N+](=O)[O-])c5)o4)c(=O)n3c2c1. The van der Waals surface area contributed by atoms with Crippen LogP contribution in [0.25, 0.3) is 33.4 Å². The van der Waals surface area contributed by atoms with E-state index in [9.17, 15) is 14.9 Å². The van der Waals surface area contributed by atoms with Gasteiger partial charge in [0.25, 0.3) is 11.2 Å². The third-order valence-electron chi connectivity index (χ3n) is 5.01. The van der Waals surface area contributed by atoms with Crippen LogP contribution >= 0.6 is 22.9 Å². The molecule has 7 nitrogen and oxygen atoms in total. The van der Waals surface area contributed by atoms with Gasteiger partial charge < -0.3 is 4.42 Å². The van der Waals surface area contributed by atoms with Gasteiger partial charge in [-0.15, -0.1) is 0 Å². The number of benzene rings is 2. The Bertz CT molecular complexity index is 1630. The van der Waals surface area contributed by atoms with E-state index < -0.39 is 4.92 Å². The summed E-state index contributed by atoms with van der Waals surface area (Å²) in [7, 11) is 0. The molecule has 2 aromatic carbocycles. The lowest BCUT2D eigenvalue weighted by molar-refractivity contribution is -0.384. The van der Waals surface area contributed by atoms with E-state index in [-0.39, 0.29) is 16.3 Å². The number of furan rings is 1. The molecule has 5 aromatic rings. The molecule has 0 aliphatic heterocycles. The van der Waals surface area contributed by atoms with Crippen LogP contribution in [0.1, 0.15) is 16.9 Å². The molecule has 0 aliphatic carbocycles. The summed E-state index contributed by atoms with van der Waals surface area (Å²) in [6.07, 6.45) is 1.66. The highest BCUT2D eigenvalue weighted by Crippen LogP contribution is 2.31. The average Bonchev–Trinajstić information content (AvgIpc) is 3.39. The minimum atomic E-state index is -0.541. The quantitative estimate of drug-likeness (QED) is 0.287. The molecule has 154 valence electrons. The van der Waals surface area contributed by atoms with Gasteiger partial charge in [0.1, 0.15) is 21.1 Å². The van der Waals surface area contributed by atoms with Crippen molar-refractivity contribution in [3.63, 3.8) is 0 Å². The molecule has 5 rings (SSSR count). The Morgan fingerprint density at radius 2 is 2.00 bits per heavy atom. The fraction of sp³-hybridized carbons (Fsp3) is 0.0909. The Morgan fingerprint density at radius 3 is 2.77 bits per heavy atom. The van der Waals surface area contributed by atoms with Crippen LogP contribution in [0.4, 0.5) is 5.69 Å². The van der Waals surface area contributed by atoms with E-state index in [4.69, 9.17) is 16.0 Å². The first kappa shape index (κ1) is 19.5. The van der Waals surface area contributed by atoms with Gasteiger partial charge in [0.05, 0.1) is 16.0 Å².